The van der Waals surface area contributed by atoms with Crippen molar-refractivity contribution in [1.29, 1.82) is 0 Å². The summed E-state index contributed by atoms with van der Waals surface area (Å²) in [6.45, 7) is 6.94. The fourth-order valence-electron chi connectivity index (χ4n) is 2.31. The lowest BCUT2D eigenvalue weighted by Gasteiger charge is -2.18. The third kappa shape index (κ3) is 3.22. The standard InChI is InChI=1S/C15H20BrN3O/c1-10-7-13(16)8-11(2)14(10)18-15-17-5-6-19(15)12(3)9-20-4/h5-8,12H,9H2,1-4H3,(H,17,18). The van der Waals surface area contributed by atoms with E-state index in [1.807, 2.05) is 6.20 Å². The molecule has 0 saturated carbocycles. The molecule has 1 unspecified atom stereocenters. The molecule has 0 aliphatic heterocycles. The van der Waals surface area contributed by atoms with Gasteiger partial charge in [-0.25, -0.2) is 4.98 Å². The van der Waals surface area contributed by atoms with Crippen molar-refractivity contribution in [2.45, 2.75) is 26.8 Å². The quantitative estimate of drug-likeness (QED) is 0.887. The minimum atomic E-state index is 0.237. The van der Waals surface area contributed by atoms with Crippen LogP contribution in [0.15, 0.2) is 29.0 Å². The van der Waals surface area contributed by atoms with Crippen LogP contribution in [0.5, 0.6) is 0 Å². The molecule has 1 heterocycles. The number of methoxy groups -OCH3 is 1. The fraction of sp³-hybridized carbons (Fsp3) is 0.400. The van der Waals surface area contributed by atoms with Gasteiger partial charge in [-0.15, -0.1) is 0 Å². The first-order valence-corrected chi connectivity index (χ1v) is 7.37. The van der Waals surface area contributed by atoms with Crippen LogP contribution >= 0.6 is 15.9 Å². The molecule has 4 nitrogen and oxygen atoms in total. The van der Waals surface area contributed by atoms with Gasteiger partial charge < -0.3 is 14.6 Å². The summed E-state index contributed by atoms with van der Waals surface area (Å²) in [6.07, 6.45) is 3.77. The molecule has 2 rings (SSSR count). The summed E-state index contributed by atoms with van der Waals surface area (Å²) in [5, 5.41) is 3.43. The van der Waals surface area contributed by atoms with Crippen molar-refractivity contribution in [3.05, 3.63) is 40.1 Å². The highest BCUT2D eigenvalue weighted by atomic mass is 79.9. The highest BCUT2D eigenvalue weighted by Crippen LogP contribution is 2.28. The van der Waals surface area contributed by atoms with Gasteiger partial charge in [-0.2, -0.15) is 0 Å². The van der Waals surface area contributed by atoms with Gasteiger partial charge in [0.15, 0.2) is 0 Å². The van der Waals surface area contributed by atoms with Crippen LogP contribution in [0.25, 0.3) is 0 Å². The lowest BCUT2D eigenvalue weighted by atomic mass is 10.1. The third-order valence-corrected chi connectivity index (χ3v) is 3.74. The van der Waals surface area contributed by atoms with Crippen molar-refractivity contribution in [3.63, 3.8) is 0 Å². The van der Waals surface area contributed by atoms with Crippen LogP contribution in [0.2, 0.25) is 0 Å². The monoisotopic (exact) mass is 337 g/mol. The summed E-state index contributed by atoms with van der Waals surface area (Å²) in [5.41, 5.74) is 3.47. The van der Waals surface area contributed by atoms with Gasteiger partial charge in [0.25, 0.3) is 0 Å². The van der Waals surface area contributed by atoms with E-state index >= 15 is 0 Å². The lowest BCUT2D eigenvalue weighted by molar-refractivity contribution is 0.163. The highest BCUT2D eigenvalue weighted by Gasteiger charge is 2.12. The number of anilines is 2. The van der Waals surface area contributed by atoms with E-state index in [0.29, 0.717) is 6.61 Å². The number of nitrogens with zero attached hydrogens (tertiary/aromatic N) is 2. The molecule has 0 amide bonds. The molecule has 1 aromatic carbocycles. The molecule has 108 valence electrons. The number of hydrogen-bond acceptors (Lipinski definition) is 3. The Morgan fingerprint density at radius 3 is 2.60 bits per heavy atom. The first-order valence-electron chi connectivity index (χ1n) is 6.58. The Morgan fingerprint density at radius 1 is 1.35 bits per heavy atom. The molecule has 0 spiro atoms. The maximum atomic E-state index is 5.21. The zero-order valence-corrected chi connectivity index (χ0v) is 13.9. The summed E-state index contributed by atoms with van der Waals surface area (Å²) in [6, 6.07) is 4.43. The number of nitrogens with one attached hydrogen (secondary N) is 1. The van der Waals surface area contributed by atoms with E-state index in [4.69, 9.17) is 4.74 Å². The average molecular weight is 338 g/mol. The number of ether oxygens (including phenoxy) is 1. The Hall–Kier alpha value is -1.33. The zero-order valence-electron chi connectivity index (χ0n) is 12.3. The molecule has 0 aliphatic carbocycles. The first-order chi connectivity index (χ1) is 9.52. The van der Waals surface area contributed by atoms with Gasteiger partial charge in [-0.1, -0.05) is 15.9 Å². The summed E-state index contributed by atoms with van der Waals surface area (Å²) in [7, 11) is 1.71. The SMILES string of the molecule is COCC(C)n1ccnc1Nc1c(C)cc(Br)cc1C. The molecule has 1 aromatic heterocycles. The van der Waals surface area contributed by atoms with Crippen LogP contribution in [0.3, 0.4) is 0 Å². The molecule has 5 heteroatoms. The van der Waals surface area contributed by atoms with Crippen molar-refractivity contribution in [2.75, 3.05) is 19.0 Å². The maximum Gasteiger partial charge on any atom is 0.207 e. The van der Waals surface area contributed by atoms with E-state index in [0.717, 1.165) is 16.1 Å². The average Bonchev–Trinajstić information content (AvgIpc) is 2.82. The number of hydrogen-bond donors (Lipinski definition) is 1. The number of benzene rings is 1. The molecular formula is C15H20BrN3O. The second-order valence-corrected chi connectivity index (χ2v) is 5.92. The molecule has 1 atom stereocenters. The largest absolute Gasteiger partial charge is 0.383 e. The topological polar surface area (TPSA) is 39.1 Å². The Morgan fingerprint density at radius 2 is 2.00 bits per heavy atom. The van der Waals surface area contributed by atoms with Crippen molar-refractivity contribution < 1.29 is 4.74 Å². The Labute approximate surface area is 128 Å². The predicted octanol–water partition coefficient (Wildman–Crippen LogP) is 4.21. The smallest absolute Gasteiger partial charge is 0.207 e. The van der Waals surface area contributed by atoms with E-state index in [1.165, 1.54) is 11.1 Å². The van der Waals surface area contributed by atoms with Gasteiger partial charge in [-0.3, -0.25) is 0 Å². The highest BCUT2D eigenvalue weighted by molar-refractivity contribution is 9.10. The molecule has 0 fully saturated rings. The van der Waals surface area contributed by atoms with Crippen LogP contribution in [0.4, 0.5) is 11.6 Å². The minimum absolute atomic E-state index is 0.237. The Balaban J connectivity index is 2.30. The molecular weight excluding hydrogens is 318 g/mol. The number of aromatic nitrogens is 2. The zero-order chi connectivity index (χ0) is 14.7. The van der Waals surface area contributed by atoms with Gasteiger partial charge in [0.1, 0.15) is 0 Å². The summed E-state index contributed by atoms with van der Waals surface area (Å²) < 4.78 is 8.39. The molecule has 0 saturated heterocycles. The number of halogens is 1. The summed E-state index contributed by atoms with van der Waals surface area (Å²) in [4.78, 5) is 4.40. The molecule has 0 aliphatic rings. The molecule has 20 heavy (non-hydrogen) atoms. The van der Waals surface area contributed by atoms with Gasteiger partial charge in [0.2, 0.25) is 5.95 Å². The third-order valence-electron chi connectivity index (χ3n) is 3.29. The number of rotatable bonds is 5. The van der Waals surface area contributed by atoms with Crippen LogP contribution in [-0.2, 0) is 4.74 Å². The molecule has 0 radical (unpaired) electrons. The van der Waals surface area contributed by atoms with E-state index in [2.05, 4.69) is 63.7 Å². The minimum Gasteiger partial charge on any atom is -0.383 e. The van der Waals surface area contributed by atoms with Crippen molar-refractivity contribution >= 4 is 27.6 Å². The lowest BCUT2D eigenvalue weighted by Crippen LogP contribution is -2.13. The van der Waals surface area contributed by atoms with E-state index in [9.17, 15) is 0 Å². The van der Waals surface area contributed by atoms with Gasteiger partial charge in [0, 0.05) is 29.7 Å². The van der Waals surface area contributed by atoms with Crippen LogP contribution in [-0.4, -0.2) is 23.3 Å². The predicted molar refractivity (Wildman–Crippen MR) is 85.7 cm³/mol. The van der Waals surface area contributed by atoms with Crippen LogP contribution in [0, 0.1) is 13.8 Å². The second-order valence-electron chi connectivity index (χ2n) is 5.00. The van der Waals surface area contributed by atoms with Crippen LogP contribution < -0.4 is 5.32 Å². The van der Waals surface area contributed by atoms with Gasteiger partial charge in [-0.05, 0) is 44.0 Å². The number of imidazole rings is 1. The fourth-order valence-corrected chi connectivity index (χ4v) is 2.99. The Bertz CT molecular complexity index is 572. The molecule has 0 bridgehead atoms. The molecule has 2 aromatic rings. The van der Waals surface area contributed by atoms with E-state index < -0.39 is 0 Å². The van der Waals surface area contributed by atoms with Crippen molar-refractivity contribution in [1.82, 2.24) is 9.55 Å². The van der Waals surface area contributed by atoms with Gasteiger partial charge in [0.05, 0.1) is 12.6 Å². The summed E-state index contributed by atoms with van der Waals surface area (Å²) >= 11 is 3.52. The Kier molecular flexibility index (Phi) is 4.83. The second kappa shape index (κ2) is 6.41. The summed E-state index contributed by atoms with van der Waals surface area (Å²) in [5.74, 6) is 0.836. The van der Waals surface area contributed by atoms with Crippen molar-refractivity contribution in [3.8, 4) is 0 Å². The first kappa shape index (κ1) is 15.1. The van der Waals surface area contributed by atoms with Crippen LogP contribution in [0.1, 0.15) is 24.1 Å². The number of aryl methyl sites for hydroxylation is 2. The van der Waals surface area contributed by atoms with E-state index in [1.54, 1.807) is 13.3 Å². The van der Waals surface area contributed by atoms with Gasteiger partial charge >= 0.3 is 0 Å². The van der Waals surface area contributed by atoms with Crippen molar-refractivity contribution in [2.24, 2.45) is 0 Å². The molecule has 1 N–H and O–H groups in total. The van der Waals surface area contributed by atoms with E-state index in [-0.39, 0.29) is 6.04 Å². The normalized spacial score (nSPS) is 12.4. The maximum absolute atomic E-state index is 5.21.